The van der Waals surface area contributed by atoms with Gasteiger partial charge in [0.05, 0.1) is 0 Å². The zero-order chi connectivity index (χ0) is 13.2. The van der Waals surface area contributed by atoms with Crippen LogP contribution in [0.5, 0.6) is 0 Å². The fourth-order valence-electron chi connectivity index (χ4n) is 2.80. The molecule has 2 aliphatic rings. The summed E-state index contributed by atoms with van der Waals surface area (Å²) in [6, 6.07) is 8.41. The number of benzene rings is 1. The lowest BCUT2D eigenvalue weighted by atomic mass is 10.1. The topological polar surface area (TPSA) is 41.6 Å². The third-order valence-corrected chi connectivity index (χ3v) is 3.85. The van der Waals surface area contributed by atoms with Gasteiger partial charge in [0, 0.05) is 31.4 Å². The van der Waals surface area contributed by atoms with E-state index in [1.54, 1.807) is 0 Å². The van der Waals surface area contributed by atoms with Gasteiger partial charge in [0.25, 0.3) is 5.91 Å². The molecule has 1 unspecified atom stereocenters. The maximum atomic E-state index is 12.6. The minimum absolute atomic E-state index is 0.112. The first-order chi connectivity index (χ1) is 9.25. The number of carbonyl (C=O) groups is 1. The normalized spacial score (nSPS) is 26.9. The van der Waals surface area contributed by atoms with Gasteiger partial charge in [0.1, 0.15) is 6.10 Å². The van der Waals surface area contributed by atoms with E-state index in [1.807, 2.05) is 23.1 Å². The van der Waals surface area contributed by atoms with E-state index in [0.717, 1.165) is 25.1 Å². The van der Waals surface area contributed by atoms with E-state index in [1.165, 1.54) is 5.56 Å². The molecule has 4 nitrogen and oxygen atoms in total. The summed E-state index contributed by atoms with van der Waals surface area (Å²) in [6.45, 7) is 4.34. The Labute approximate surface area is 113 Å². The van der Waals surface area contributed by atoms with Crippen LogP contribution in [0.4, 0.5) is 5.69 Å². The fraction of sp³-hybridized carbons (Fsp3) is 0.533. The SMILES string of the molecule is CC1CN(C(=O)[C@H]2CCCO2)c2ccccc2CN1. The third-order valence-electron chi connectivity index (χ3n) is 3.85. The lowest BCUT2D eigenvalue weighted by Crippen LogP contribution is -2.44. The molecule has 102 valence electrons. The van der Waals surface area contributed by atoms with Crippen molar-refractivity contribution in [2.45, 2.75) is 38.5 Å². The predicted molar refractivity (Wildman–Crippen MR) is 74.1 cm³/mol. The summed E-state index contributed by atoms with van der Waals surface area (Å²) in [5.41, 5.74) is 2.21. The number of ether oxygens (including phenoxy) is 1. The molecule has 0 saturated carbocycles. The molecule has 1 N–H and O–H groups in total. The Hall–Kier alpha value is -1.39. The Morgan fingerprint density at radius 1 is 1.42 bits per heavy atom. The third kappa shape index (κ3) is 2.51. The quantitative estimate of drug-likeness (QED) is 0.835. The Balaban J connectivity index is 1.91. The molecule has 0 radical (unpaired) electrons. The molecule has 2 atom stereocenters. The molecule has 1 saturated heterocycles. The number of amides is 1. The number of para-hydroxylation sites is 1. The molecule has 0 aliphatic carbocycles. The fourth-order valence-corrected chi connectivity index (χ4v) is 2.80. The van der Waals surface area contributed by atoms with Gasteiger partial charge in [-0.05, 0) is 31.4 Å². The standard InChI is InChI=1S/C15H20N2O2/c1-11-10-17(15(18)14-7-4-8-19-14)13-6-3-2-5-12(13)9-16-11/h2-3,5-6,11,14,16H,4,7-10H2,1H3/t11?,14-/m1/s1. The van der Waals surface area contributed by atoms with Gasteiger partial charge in [0.2, 0.25) is 0 Å². The molecule has 1 amide bonds. The van der Waals surface area contributed by atoms with Crippen LogP contribution in [0.3, 0.4) is 0 Å². The molecule has 0 bridgehead atoms. The van der Waals surface area contributed by atoms with Gasteiger partial charge in [-0.15, -0.1) is 0 Å². The van der Waals surface area contributed by atoms with Crippen molar-refractivity contribution in [3.8, 4) is 0 Å². The van der Waals surface area contributed by atoms with Gasteiger partial charge in [-0.2, -0.15) is 0 Å². The van der Waals surface area contributed by atoms with E-state index >= 15 is 0 Å². The summed E-state index contributed by atoms with van der Waals surface area (Å²) in [7, 11) is 0. The summed E-state index contributed by atoms with van der Waals surface area (Å²) in [6.07, 6.45) is 1.58. The molecule has 2 aliphatic heterocycles. The van der Waals surface area contributed by atoms with Crippen LogP contribution in [0.1, 0.15) is 25.3 Å². The summed E-state index contributed by atoms with van der Waals surface area (Å²) < 4.78 is 5.55. The smallest absolute Gasteiger partial charge is 0.256 e. The summed E-state index contributed by atoms with van der Waals surface area (Å²) >= 11 is 0. The van der Waals surface area contributed by atoms with Crippen LogP contribution in [0.25, 0.3) is 0 Å². The minimum Gasteiger partial charge on any atom is -0.368 e. The molecule has 19 heavy (non-hydrogen) atoms. The van der Waals surface area contributed by atoms with Crippen LogP contribution in [0.2, 0.25) is 0 Å². The summed E-state index contributed by atoms with van der Waals surface area (Å²) in [4.78, 5) is 14.5. The monoisotopic (exact) mass is 260 g/mol. The van der Waals surface area contributed by atoms with Crippen molar-refractivity contribution in [3.63, 3.8) is 0 Å². The molecular formula is C15H20N2O2. The Kier molecular flexibility index (Phi) is 3.53. The van der Waals surface area contributed by atoms with Crippen LogP contribution in [0.15, 0.2) is 24.3 Å². The number of fused-ring (bicyclic) bond motifs is 1. The first-order valence-corrected chi connectivity index (χ1v) is 7.00. The molecule has 1 aromatic carbocycles. The van der Waals surface area contributed by atoms with Crippen molar-refractivity contribution in [1.82, 2.24) is 5.32 Å². The molecule has 2 heterocycles. The second-order valence-electron chi connectivity index (χ2n) is 5.36. The molecule has 1 aromatic rings. The van der Waals surface area contributed by atoms with Crippen molar-refractivity contribution >= 4 is 11.6 Å². The van der Waals surface area contributed by atoms with E-state index < -0.39 is 0 Å². The Bertz CT molecular complexity index is 469. The van der Waals surface area contributed by atoms with E-state index in [0.29, 0.717) is 13.2 Å². The highest BCUT2D eigenvalue weighted by Crippen LogP contribution is 2.26. The van der Waals surface area contributed by atoms with Gasteiger partial charge in [-0.25, -0.2) is 0 Å². The number of hydrogen-bond donors (Lipinski definition) is 1. The molecule has 3 rings (SSSR count). The van der Waals surface area contributed by atoms with Crippen LogP contribution in [-0.2, 0) is 16.1 Å². The molecule has 4 heteroatoms. The van der Waals surface area contributed by atoms with Crippen LogP contribution in [-0.4, -0.2) is 31.2 Å². The molecule has 0 spiro atoms. The van der Waals surface area contributed by atoms with Gasteiger partial charge in [-0.3, -0.25) is 4.79 Å². The van der Waals surface area contributed by atoms with Gasteiger partial charge in [0.15, 0.2) is 0 Å². The number of hydrogen-bond acceptors (Lipinski definition) is 3. The second-order valence-corrected chi connectivity index (χ2v) is 5.36. The van der Waals surface area contributed by atoms with Crippen molar-refractivity contribution in [1.29, 1.82) is 0 Å². The van der Waals surface area contributed by atoms with E-state index in [2.05, 4.69) is 18.3 Å². The number of carbonyl (C=O) groups excluding carboxylic acids is 1. The largest absolute Gasteiger partial charge is 0.368 e. The first kappa shape index (κ1) is 12.6. The van der Waals surface area contributed by atoms with E-state index in [-0.39, 0.29) is 18.1 Å². The maximum Gasteiger partial charge on any atom is 0.256 e. The van der Waals surface area contributed by atoms with Crippen molar-refractivity contribution < 1.29 is 9.53 Å². The van der Waals surface area contributed by atoms with Crippen molar-refractivity contribution in [2.24, 2.45) is 0 Å². The zero-order valence-electron chi connectivity index (χ0n) is 11.3. The average molecular weight is 260 g/mol. The summed E-state index contributed by atoms with van der Waals surface area (Å²) in [5.74, 6) is 0.112. The van der Waals surface area contributed by atoms with Crippen LogP contribution >= 0.6 is 0 Å². The first-order valence-electron chi connectivity index (χ1n) is 7.00. The van der Waals surface area contributed by atoms with Crippen LogP contribution < -0.4 is 10.2 Å². The van der Waals surface area contributed by atoms with E-state index in [9.17, 15) is 4.79 Å². The minimum atomic E-state index is -0.252. The average Bonchev–Trinajstić information content (AvgIpc) is 2.91. The second kappa shape index (κ2) is 5.31. The lowest BCUT2D eigenvalue weighted by Gasteiger charge is -2.26. The molecule has 1 fully saturated rings. The van der Waals surface area contributed by atoms with Crippen LogP contribution in [0, 0.1) is 0 Å². The highest BCUT2D eigenvalue weighted by molar-refractivity contribution is 5.97. The highest BCUT2D eigenvalue weighted by Gasteiger charge is 2.31. The van der Waals surface area contributed by atoms with Gasteiger partial charge in [-0.1, -0.05) is 18.2 Å². The number of rotatable bonds is 1. The maximum absolute atomic E-state index is 12.6. The van der Waals surface area contributed by atoms with Crippen molar-refractivity contribution in [2.75, 3.05) is 18.1 Å². The molecule has 0 aromatic heterocycles. The highest BCUT2D eigenvalue weighted by atomic mass is 16.5. The van der Waals surface area contributed by atoms with Gasteiger partial charge < -0.3 is 15.0 Å². The van der Waals surface area contributed by atoms with E-state index in [4.69, 9.17) is 4.74 Å². The number of nitrogens with one attached hydrogen (secondary N) is 1. The van der Waals surface area contributed by atoms with Crippen molar-refractivity contribution in [3.05, 3.63) is 29.8 Å². The zero-order valence-corrected chi connectivity index (χ0v) is 11.3. The number of anilines is 1. The number of nitrogens with zero attached hydrogens (tertiary/aromatic N) is 1. The molecular weight excluding hydrogens is 240 g/mol. The Morgan fingerprint density at radius 3 is 3.05 bits per heavy atom. The predicted octanol–water partition coefficient (Wildman–Crippen LogP) is 1.69. The lowest BCUT2D eigenvalue weighted by molar-refractivity contribution is -0.127. The summed E-state index contributed by atoms with van der Waals surface area (Å²) in [5, 5.41) is 3.44. The Morgan fingerprint density at radius 2 is 2.26 bits per heavy atom. The van der Waals surface area contributed by atoms with Gasteiger partial charge >= 0.3 is 0 Å².